The Morgan fingerprint density at radius 1 is 1.29 bits per heavy atom. The average molecular weight is 290 g/mol. The van der Waals surface area contributed by atoms with Gasteiger partial charge in [-0.25, -0.2) is 0 Å². The van der Waals surface area contributed by atoms with Crippen molar-refractivity contribution in [1.29, 1.82) is 0 Å². The fraction of sp³-hybridized carbons (Fsp3) is 0.357. The number of amides is 1. The molecule has 0 aromatic heterocycles. The van der Waals surface area contributed by atoms with E-state index < -0.39 is 16.5 Å². The summed E-state index contributed by atoms with van der Waals surface area (Å²) in [5.41, 5.74) is 6.28. The molecule has 1 heterocycles. The molecule has 0 unspecified atom stereocenters. The normalized spacial score (nSPS) is 15.6. The molecule has 7 nitrogen and oxygen atoms in total. The molecular weight excluding hydrogens is 272 g/mol. The Morgan fingerprint density at radius 2 is 1.95 bits per heavy atom. The van der Waals surface area contributed by atoms with Crippen LogP contribution in [0.15, 0.2) is 41.8 Å². The van der Waals surface area contributed by atoms with E-state index in [2.05, 4.69) is 0 Å². The van der Waals surface area contributed by atoms with Gasteiger partial charge in [-0.15, -0.1) is 0 Å². The minimum absolute atomic E-state index is 0.0683. The summed E-state index contributed by atoms with van der Waals surface area (Å²) in [5, 5.41) is 11.1. The summed E-state index contributed by atoms with van der Waals surface area (Å²) < 4.78 is 0. The molecule has 1 aliphatic heterocycles. The van der Waals surface area contributed by atoms with Crippen LogP contribution in [-0.4, -0.2) is 33.8 Å². The molecule has 2 rings (SSSR count). The minimum Gasteiger partial charge on any atom is -0.379 e. The maximum Gasteiger partial charge on any atom is 0.373 e. The van der Waals surface area contributed by atoms with E-state index in [-0.39, 0.29) is 12.5 Å². The van der Waals surface area contributed by atoms with Crippen molar-refractivity contribution in [3.8, 4) is 0 Å². The zero-order valence-electron chi connectivity index (χ0n) is 11.9. The van der Waals surface area contributed by atoms with E-state index in [1.54, 1.807) is 4.90 Å². The Bertz CT molecular complexity index is 571. The van der Waals surface area contributed by atoms with E-state index in [1.165, 1.54) is 4.90 Å². The van der Waals surface area contributed by atoms with Crippen molar-refractivity contribution < 1.29 is 9.72 Å². The lowest BCUT2D eigenvalue weighted by atomic mass is 10.2. The second-order valence-electron chi connectivity index (χ2n) is 4.88. The molecule has 21 heavy (non-hydrogen) atoms. The van der Waals surface area contributed by atoms with E-state index in [0.29, 0.717) is 13.1 Å². The van der Waals surface area contributed by atoms with Crippen molar-refractivity contribution in [2.75, 3.05) is 13.2 Å². The molecule has 0 spiro atoms. The van der Waals surface area contributed by atoms with Gasteiger partial charge in [-0.1, -0.05) is 37.3 Å². The van der Waals surface area contributed by atoms with Crippen molar-refractivity contribution >= 4 is 5.91 Å². The van der Waals surface area contributed by atoms with Gasteiger partial charge < -0.3 is 15.5 Å². The maximum atomic E-state index is 12.1. The van der Waals surface area contributed by atoms with Gasteiger partial charge >= 0.3 is 11.6 Å². The second-order valence-corrected chi connectivity index (χ2v) is 4.88. The van der Waals surface area contributed by atoms with Crippen molar-refractivity contribution in [3.63, 3.8) is 0 Å². The smallest absolute Gasteiger partial charge is 0.373 e. The van der Waals surface area contributed by atoms with Gasteiger partial charge in [-0.2, -0.15) is 0 Å². The summed E-state index contributed by atoms with van der Waals surface area (Å²) in [6, 6.07) is 9.51. The van der Waals surface area contributed by atoms with E-state index in [9.17, 15) is 14.9 Å². The van der Waals surface area contributed by atoms with Crippen molar-refractivity contribution in [2.45, 2.75) is 19.9 Å². The Morgan fingerprint density at radius 3 is 2.52 bits per heavy atom. The number of nitrogens with zero attached hydrogens (tertiary/aromatic N) is 3. The molecule has 0 atom stereocenters. The molecular formula is C14H18N4O3. The number of nitrogens with two attached hydrogens (primary N) is 1. The first-order valence-electron chi connectivity index (χ1n) is 6.77. The van der Waals surface area contributed by atoms with Crippen LogP contribution < -0.4 is 5.73 Å². The lowest BCUT2D eigenvalue weighted by Gasteiger charge is -2.35. The zero-order chi connectivity index (χ0) is 15.4. The summed E-state index contributed by atoms with van der Waals surface area (Å²) in [6.45, 7) is 3.08. The van der Waals surface area contributed by atoms with Gasteiger partial charge in [0.2, 0.25) is 0 Å². The minimum atomic E-state index is -0.697. The van der Waals surface area contributed by atoms with Crippen LogP contribution in [0.2, 0.25) is 0 Å². The van der Waals surface area contributed by atoms with E-state index in [0.717, 1.165) is 12.0 Å². The van der Waals surface area contributed by atoms with Crippen molar-refractivity contribution in [1.82, 2.24) is 9.80 Å². The average Bonchev–Trinajstić information content (AvgIpc) is 2.45. The SMILES string of the molecule is CCCN1CN(Cc2ccccc2)C(N)=C([N+](=O)[O-])C1=O. The zero-order valence-corrected chi connectivity index (χ0v) is 11.9. The highest BCUT2D eigenvalue weighted by molar-refractivity contribution is 5.92. The number of benzene rings is 1. The van der Waals surface area contributed by atoms with Crippen LogP contribution in [0.5, 0.6) is 0 Å². The van der Waals surface area contributed by atoms with Gasteiger partial charge in [-0.05, 0) is 12.0 Å². The van der Waals surface area contributed by atoms with Gasteiger partial charge in [0.1, 0.15) is 0 Å². The van der Waals surface area contributed by atoms with Crippen LogP contribution in [0.1, 0.15) is 18.9 Å². The predicted molar refractivity (Wildman–Crippen MR) is 77.1 cm³/mol. The Labute approximate surface area is 122 Å². The first kappa shape index (κ1) is 14.8. The molecule has 0 saturated heterocycles. The first-order valence-corrected chi connectivity index (χ1v) is 6.77. The van der Waals surface area contributed by atoms with Gasteiger partial charge in [0.15, 0.2) is 5.82 Å². The maximum absolute atomic E-state index is 12.1. The monoisotopic (exact) mass is 290 g/mol. The van der Waals surface area contributed by atoms with Crippen LogP contribution in [0, 0.1) is 10.1 Å². The van der Waals surface area contributed by atoms with E-state index in [4.69, 9.17) is 5.73 Å². The highest BCUT2D eigenvalue weighted by Gasteiger charge is 2.38. The standard InChI is InChI=1S/C14H18N4O3/c1-2-8-16-10-17(9-11-6-4-3-5-7-11)13(15)12(14(16)19)18(20)21/h3-7H,2,8-10,15H2,1H3. The summed E-state index contributed by atoms with van der Waals surface area (Å²) in [5.74, 6) is -0.676. The largest absolute Gasteiger partial charge is 0.379 e. The molecule has 1 amide bonds. The quantitative estimate of drug-likeness (QED) is 0.647. The Balaban J connectivity index is 2.31. The molecule has 1 aromatic carbocycles. The Hall–Kier alpha value is -2.57. The van der Waals surface area contributed by atoms with Crippen molar-refractivity contribution in [3.05, 3.63) is 57.5 Å². The number of nitro groups is 1. The molecule has 0 aliphatic carbocycles. The summed E-state index contributed by atoms with van der Waals surface area (Å²) in [6.07, 6.45) is 0.732. The van der Waals surface area contributed by atoms with Gasteiger partial charge in [0, 0.05) is 13.1 Å². The molecule has 0 radical (unpaired) electrons. The van der Waals surface area contributed by atoms with Crippen LogP contribution >= 0.6 is 0 Å². The van der Waals surface area contributed by atoms with Crippen LogP contribution in [0.25, 0.3) is 0 Å². The first-order chi connectivity index (χ1) is 10.0. The highest BCUT2D eigenvalue weighted by atomic mass is 16.6. The fourth-order valence-corrected chi connectivity index (χ4v) is 2.31. The molecule has 2 N–H and O–H groups in total. The van der Waals surface area contributed by atoms with Crippen LogP contribution in [-0.2, 0) is 11.3 Å². The molecule has 0 fully saturated rings. The topological polar surface area (TPSA) is 92.7 Å². The van der Waals surface area contributed by atoms with Gasteiger partial charge in [-0.3, -0.25) is 14.9 Å². The summed E-state index contributed by atoms with van der Waals surface area (Å²) in [4.78, 5) is 25.6. The van der Waals surface area contributed by atoms with Crippen LogP contribution in [0.4, 0.5) is 0 Å². The third-order valence-corrected chi connectivity index (χ3v) is 3.31. The molecule has 0 saturated carbocycles. The number of carbonyl (C=O) groups excluding carboxylic acids is 1. The number of carbonyl (C=O) groups is 1. The molecule has 7 heteroatoms. The Kier molecular flexibility index (Phi) is 4.42. The van der Waals surface area contributed by atoms with Crippen molar-refractivity contribution in [2.24, 2.45) is 5.73 Å². The molecule has 1 aromatic rings. The summed E-state index contributed by atoms with van der Waals surface area (Å²) >= 11 is 0. The molecule has 112 valence electrons. The number of hydrogen-bond acceptors (Lipinski definition) is 5. The molecule has 0 bridgehead atoms. The predicted octanol–water partition coefficient (Wildman–Crippen LogP) is 1.10. The number of rotatable bonds is 5. The molecule has 1 aliphatic rings. The summed E-state index contributed by atoms with van der Waals surface area (Å²) in [7, 11) is 0. The van der Waals surface area contributed by atoms with E-state index >= 15 is 0 Å². The highest BCUT2D eigenvalue weighted by Crippen LogP contribution is 2.20. The van der Waals surface area contributed by atoms with E-state index in [1.807, 2.05) is 37.3 Å². The third kappa shape index (κ3) is 3.13. The van der Waals surface area contributed by atoms with Gasteiger partial charge in [0.25, 0.3) is 0 Å². The lowest BCUT2D eigenvalue weighted by molar-refractivity contribution is -0.423. The fourth-order valence-electron chi connectivity index (χ4n) is 2.31. The second kappa shape index (κ2) is 6.25. The lowest BCUT2D eigenvalue weighted by Crippen LogP contribution is -2.50. The van der Waals surface area contributed by atoms with Gasteiger partial charge in [0.05, 0.1) is 11.6 Å². The van der Waals surface area contributed by atoms with Crippen LogP contribution in [0.3, 0.4) is 0 Å². The third-order valence-electron chi connectivity index (χ3n) is 3.31. The number of hydrogen-bond donors (Lipinski definition) is 1.